The van der Waals surface area contributed by atoms with Crippen LogP contribution < -0.4 is 5.32 Å². The predicted molar refractivity (Wildman–Crippen MR) is 145 cm³/mol. The van der Waals surface area contributed by atoms with Gasteiger partial charge >= 0.3 is 0 Å². The van der Waals surface area contributed by atoms with Gasteiger partial charge in [-0.2, -0.15) is 0 Å². The van der Waals surface area contributed by atoms with Crippen LogP contribution in [0.2, 0.25) is 0 Å². The second-order valence-corrected chi connectivity index (χ2v) is 10.4. The minimum Gasteiger partial charge on any atom is -0.394 e. The number of carbonyl (C=O) groups is 1. The van der Waals surface area contributed by atoms with Gasteiger partial charge in [-0.1, -0.05) is 47.7 Å². The molecule has 1 aromatic heterocycles. The van der Waals surface area contributed by atoms with E-state index < -0.39 is 66.1 Å². The van der Waals surface area contributed by atoms with Gasteiger partial charge in [0.2, 0.25) is 5.79 Å². The molecule has 1 spiro atoms. The zero-order valence-electron chi connectivity index (χ0n) is 22.5. The molecule has 2 aliphatic rings. The molecular weight excluding hydrogens is 569 g/mol. The average Bonchev–Trinajstić information content (AvgIpc) is 3.66. The normalized spacial score (nSPS) is 27.0. The molecule has 0 unspecified atom stereocenters. The van der Waals surface area contributed by atoms with E-state index in [0.29, 0.717) is 5.56 Å². The van der Waals surface area contributed by atoms with E-state index in [1.54, 1.807) is 18.2 Å². The van der Waals surface area contributed by atoms with Crippen LogP contribution in [0.25, 0.3) is 22.4 Å². The number of aromatic nitrogens is 3. The van der Waals surface area contributed by atoms with Crippen LogP contribution in [0.5, 0.6) is 0 Å². The number of halogens is 3. The van der Waals surface area contributed by atoms with Gasteiger partial charge < -0.3 is 30.1 Å². The number of benzene rings is 3. The van der Waals surface area contributed by atoms with Gasteiger partial charge in [0.25, 0.3) is 5.91 Å². The van der Waals surface area contributed by atoms with Crippen molar-refractivity contribution in [1.82, 2.24) is 20.3 Å². The van der Waals surface area contributed by atoms with Crippen molar-refractivity contribution in [2.45, 2.75) is 42.6 Å². The average molecular weight is 597 g/mol. The summed E-state index contributed by atoms with van der Waals surface area (Å²) in [6, 6.07) is 15.7. The first-order valence-corrected chi connectivity index (χ1v) is 13.5. The van der Waals surface area contributed by atoms with E-state index in [1.165, 1.54) is 6.20 Å². The van der Waals surface area contributed by atoms with Gasteiger partial charge in [-0.25, -0.2) is 17.9 Å². The molecule has 4 aromatic rings. The molecule has 0 bridgehead atoms. The first kappa shape index (κ1) is 29.0. The van der Waals surface area contributed by atoms with Crippen molar-refractivity contribution >= 4 is 5.91 Å². The Hall–Kier alpha value is -4.14. The van der Waals surface area contributed by atoms with Crippen LogP contribution >= 0.6 is 0 Å². The fraction of sp³-hybridized carbons (Fsp3) is 0.300. The summed E-state index contributed by atoms with van der Waals surface area (Å²) in [5, 5.41) is 43.3. The van der Waals surface area contributed by atoms with Gasteiger partial charge in [0.15, 0.2) is 17.5 Å². The van der Waals surface area contributed by atoms with Crippen molar-refractivity contribution in [3.05, 3.63) is 95.9 Å². The predicted octanol–water partition coefficient (Wildman–Crippen LogP) is 2.60. The highest BCUT2D eigenvalue weighted by atomic mass is 19.2. The summed E-state index contributed by atoms with van der Waals surface area (Å²) in [7, 11) is 0. The third kappa shape index (κ3) is 5.19. The van der Waals surface area contributed by atoms with Gasteiger partial charge in [0, 0.05) is 11.1 Å². The standard InChI is InChI=1S/C30H27F3N4O6/c31-20-12-19(13-21(32)25(20)33)22-14-37(36-35-22)26-27(39)23(15-38)43-30(28(26)40)24(9-10-42-30)34-29(41)18-8-4-7-17(11-18)16-5-2-1-3-6-16/h1-8,11-14,23-24,26-28,38-40H,9-10,15H2,(H,34,41)/t23-,24-,26+,27+,28-,30+/m1/s1. The first-order valence-electron chi connectivity index (χ1n) is 13.5. The molecule has 2 aliphatic heterocycles. The Labute approximate surface area is 243 Å². The molecule has 3 aromatic carbocycles. The lowest BCUT2D eigenvalue weighted by atomic mass is 9.86. The molecule has 0 aliphatic carbocycles. The van der Waals surface area contributed by atoms with Crippen molar-refractivity contribution in [1.29, 1.82) is 0 Å². The molecule has 3 heterocycles. The van der Waals surface area contributed by atoms with Gasteiger partial charge in [0.1, 0.15) is 30.0 Å². The van der Waals surface area contributed by atoms with Crippen LogP contribution in [0.1, 0.15) is 22.8 Å². The van der Waals surface area contributed by atoms with E-state index in [4.69, 9.17) is 9.47 Å². The van der Waals surface area contributed by atoms with E-state index in [9.17, 15) is 33.3 Å². The van der Waals surface area contributed by atoms with Crippen molar-refractivity contribution < 1.29 is 42.8 Å². The van der Waals surface area contributed by atoms with Crippen LogP contribution in [-0.4, -0.2) is 79.6 Å². The molecule has 6 atom stereocenters. The van der Waals surface area contributed by atoms with Crippen LogP contribution in [0.4, 0.5) is 13.2 Å². The van der Waals surface area contributed by atoms with Gasteiger partial charge in [-0.3, -0.25) is 4.79 Å². The SMILES string of the molecule is O=C(N[C@@H]1CCO[C@]12O[C@H](CO)[C@H](O)[C@H](n1cc(-c3cc(F)c(F)c(F)c3)nn1)[C@H]2O)c1cccc(-c2ccccc2)c1. The highest BCUT2D eigenvalue weighted by Crippen LogP contribution is 2.43. The van der Waals surface area contributed by atoms with Crippen molar-refractivity contribution in [2.24, 2.45) is 0 Å². The maximum Gasteiger partial charge on any atom is 0.251 e. The highest BCUT2D eigenvalue weighted by molar-refractivity contribution is 5.95. The molecule has 4 N–H and O–H groups in total. The summed E-state index contributed by atoms with van der Waals surface area (Å²) in [5.41, 5.74) is 1.89. The molecule has 0 saturated carbocycles. The summed E-state index contributed by atoms with van der Waals surface area (Å²) in [5.74, 6) is -6.86. The Morgan fingerprint density at radius 1 is 1.00 bits per heavy atom. The highest BCUT2D eigenvalue weighted by Gasteiger charge is 2.62. The summed E-state index contributed by atoms with van der Waals surface area (Å²) in [4.78, 5) is 13.4. The fourth-order valence-electron chi connectivity index (χ4n) is 5.66. The molecule has 10 nitrogen and oxygen atoms in total. The van der Waals surface area contributed by atoms with Gasteiger partial charge in [-0.05, 0) is 41.8 Å². The summed E-state index contributed by atoms with van der Waals surface area (Å²) >= 11 is 0. The zero-order chi connectivity index (χ0) is 30.3. The molecule has 13 heteroatoms. The lowest BCUT2D eigenvalue weighted by Crippen LogP contribution is -2.69. The number of hydrogen-bond donors (Lipinski definition) is 4. The molecule has 6 rings (SSSR count). The quantitative estimate of drug-likeness (QED) is 0.249. The van der Waals surface area contributed by atoms with Crippen molar-refractivity contribution in [2.75, 3.05) is 13.2 Å². The van der Waals surface area contributed by atoms with Crippen LogP contribution in [0, 0.1) is 17.5 Å². The largest absolute Gasteiger partial charge is 0.394 e. The van der Waals surface area contributed by atoms with E-state index >= 15 is 0 Å². The Morgan fingerprint density at radius 3 is 2.44 bits per heavy atom. The lowest BCUT2D eigenvalue weighted by Gasteiger charge is -2.49. The summed E-state index contributed by atoms with van der Waals surface area (Å²) in [6.45, 7) is -0.602. The van der Waals surface area contributed by atoms with Crippen LogP contribution in [0.15, 0.2) is 72.9 Å². The number of ether oxygens (including phenoxy) is 2. The number of carbonyl (C=O) groups excluding carboxylic acids is 1. The Balaban J connectivity index is 1.29. The number of hydrogen-bond acceptors (Lipinski definition) is 8. The first-order chi connectivity index (χ1) is 20.7. The third-order valence-electron chi connectivity index (χ3n) is 7.83. The zero-order valence-corrected chi connectivity index (χ0v) is 22.5. The molecule has 0 radical (unpaired) electrons. The summed E-state index contributed by atoms with van der Waals surface area (Å²) in [6.07, 6.45) is -3.04. The Kier molecular flexibility index (Phi) is 7.75. The van der Waals surface area contributed by atoms with Crippen LogP contribution in [0.3, 0.4) is 0 Å². The number of aliphatic hydroxyl groups is 3. The van der Waals surface area contributed by atoms with E-state index in [1.807, 2.05) is 36.4 Å². The van der Waals surface area contributed by atoms with E-state index in [0.717, 1.165) is 27.9 Å². The topological polar surface area (TPSA) is 139 Å². The maximum atomic E-state index is 13.8. The van der Waals surface area contributed by atoms with Crippen molar-refractivity contribution in [3.63, 3.8) is 0 Å². The minimum atomic E-state index is -1.90. The number of aliphatic hydroxyl groups excluding tert-OH is 3. The third-order valence-corrected chi connectivity index (χ3v) is 7.83. The van der Waals surface area contributed by atoms with E-state index in [-0.39, 0.29) is 24.3 Å². The van der Waals surface area contributed by atoms with Gasteiger partial charge in [-0.15, -0.1) is 5.10 Å². The monoisotopic (exact) mass is 596 g/mol. The molecule has 2 fully saturated rings. The van der Waals surface area contributed by atoms with Gasteiger partial charge in [0.05, 0.1) is 25.5 Å². The maximum absolute atomic E-state index is 13.8. The molecule has 2 saturated heterocycles. The molecule has 224 valence electrons. The number of nitrogens with one attached hydrogen (secondary N) is 1. The second-order valence-electron chi connectivity index (χ2n) is 10.4. The van der Waals surface area contributed by atoms with Crippen molar-refractivity contribution in [3.8, 4) is 22.4 Å². The molecular formula is C30H27F3N4O6. The minimum absolute atomic E-state index is 0.0732. The number of rotatable bonds is 6. The fourth-order valence-corrected chi connectivity index (χ4v) is 5.66. The van der Waals surface area contributed by atoms with Crippen LogP contribution in [-0.2, 0) is 9.47 Å². The number of amides is 1. The Bertz CT molecular complexity index is 1620. The lowest BCUT2D eigenvalue weighted by molar-refractivity contribution is -0.344. The second kappa shape index (κ2) is 11.5. The molecule has 1 amide bonds. The molecule has 43 heavy (non-hydrogen) atoms. The Morgan fingerprint density at radius 2 is 1.72 bits per heavy atom. The summed E-state index contributed by atoms with van der Waals surface area (Å²) < 4.78 is 54.1. The smallest absolute Gasteiger partial charge is 0.251 e. The van der Waals surface area contributed by atoms with E-state index in [2.05, 4.69) is 15.6 Å². The number of nitrogens with zero attached hydrogens (tertiary/aromatic N) is 3.